The van der Waals surface area contributed by atoms with Crippen LogP contribution in [0.5, 0.6) is 0 Å². The lowest BCUT2D eigenvalue weighted by atomic mass is 10.1. The minimum atomic E-state index is -0.467. The maximum Gasteiger partial charge on any atom is 0.260 e. The smallest absolute Gasteiger partial charge is 0.260 e. The number of likely N-dealkylation sites (N-methyl/N-ethyl adjacent to an activating group) is 1. The molecule has 0 atom stereocenters. The van der Waals surface area contributed by atoms with E-state index in [1.807, 2.05) is 0 Å². The van der Waals surface area contributed by atoms with Crippen LogP contribution in [-0.2, 0) is 9.59 Å². The van der Waals surface area contributed by atoms with Gasteiger partial charge in [0.05, 0.1) is 0 Å². The summed E-state index contributed by atoms with van der Waals surface area (Å²) in [5.41, 5.74) is 0.863. The van der Waals surface area contributed by atoms with Crippen molar-refractivity contribution in [3.8, 4) is 0 Å². The maximum absolute atomic E-state index is 11.9. The van der Waals surface area contributed by atoms with Gasteiger partial charge in [0.15, 0.2) is 0 Å². The summed E-state index contributed by atoms with van der Waals surface area (Å²) in [6.07, 6.45) is 1.08. The minimum absolute atomic E-state index is 0.236. The average Bonchev–Trinajstić information content (AvgIpc) is 2.36. The number of halogens is 1. The monoisotopic (exact) mass is 249 g/mol. The van der Waals surface area contributed by atoms with E-state index in [2.05, 4.69) is 13.2 Å². The third-order valence-corrected chi connectivity index (χ3v) is 2.51. The molecule has 4 heteroatoms. The number of hydrogen-bond donors (Lipinski definition) is 0. The third kappa shape index (κ3) is 3.04. The fourth-order valence-corrected chi connectivity index (χ4v) is 1.34. The van der Waals surface area contributed by atoms with Crippen molar-refractivity contribution < 1.29 is 9.59 Å². The molecule has 0 aliphatic carbocycles. The van der Waals surface area contributed by atoms with E-state index in [0.29, 0.717) is 10.6 Å². The first kappa shape index (κ1) is 13.2. The number of amides is 2. The fourth-order valence-electron chi connectivity index (χ4n) is 1.21. The van der Waals surface area contributed by atoms with E-state index in [-0.39, 0.29) is 5.57 Å². The summed E-state index contributed by atoms with van der Waals surface area (Å²) in [4.78, 5) is 24.1. The molecular formula is C13H12ClNO2. The van der Waals surface area contributed by atoms with Crippen LogP contribution in [0.15, 0.2) is 43.5 Å². The number of benzene rings is 1. The van der Waals surface area contributed by atoms with Gasteiger partial charge in [0, 0.05) is 17.6 Å². The Labute approximate surface area is 105 Å². The second-order valence-electron chi connectivity index (χ2n) is 3.39. The molecule has 0 spiro atoms. The highest BCUT2D eigenvalue weighted by atomic mass is 35.5. The van der Waals surface area contributed by atoms with Crippen molar-refractivity contribution in [1.82, 2.24) is 4.90 Å². The Balaban J connectivity index is 2.90. The van der Waals surface area contributed by atoms with E-state index >= 15 is 0 Å². The van der Waals surface area contributed by atoms with Crippen LogP contribution in [0.2, 0.25) is 5.02 Å². The zero-order chi connectivity index (χ0) is 13.0. The van der Waals surface area contributed by atoms with Crippen molar-refractivity contribution in [2.45, 2.75) is 0 Å². The van der Waals surface area contributed by atoms with E-state index in [0.717, 1.165) is 11.0 Å². The summed E-state index contributed by atoms with van der Waals surface area (Å²) >= 11 is 5.74. The molecule has 0 saturated carbocycles. The molecule has 1 rings (SSSR count). The van der Waals surface area contributed by atoms with Gasteiger partial charge in [-0.2, -0.15) is 0 Å². The summed E-state index contributed by atoms with van der Waals surface area (Å²) < 4.78 is 0. The maximum atomic E-state index is 11.9. The Bertz CT molecular complexity index is 477. The van der Waals surface area contributed by atoms with Gasteiger partial charge < -0.3 is 0 Å². The lowest BCUT2D eigenvalue weighted by molar-refractivity contribution is -0.136. The van der Waals surface area contributed by atoms with E-state index in [9.17, 15) is 9.59 Å². The van der Waals surface area contributed by atoms with Gasteiger partial charge in [-0.05, 0) is 23.8 Å². The molecule has 0 saturated heterocycles. The lowest BCUT2D eigenvalue weighted by Gasteiger charge is -2.14. The van der Waals surface area contributed by atoms with Crippen molar-refractivity contribution in [3.05, 3.63) is 54.1 Å². The van der Waals surface area contributed by atoms with E-state index in [1.165, 1.54) is 7.05 Å². The first-order chi connectivity index (χ1) is 7.97. The largest absolute Gasteiger partial charge is 0.278 e. The highest BCUT2D eigenvalue weighted by Gasteiger charge is 2.18. The van der Waals surface area contributed by atoms with Crippen LogP contribution >= 0.6 is 11.6 Å². The number of carbonyl (C=O) groups excluding carboxylic acids is 2. The summed E-state index contributed by atoms with van der Waals surface area (Å²) in [7, 11) is 1.38. The van der Waals surface area contributed by atoms with Crippen LogP contribution in [0.3, 0.4) is 0 Å². The Hall–Kier alpha value is -1.87. The molecule has 1 aromatic carbocycles. The normalized spacial score (nSPS) is 9.53. The molecule has 0 aromatic heterocycles. The number of nitrogens with zero attached hydrogens (tertiary/aromatic N) is 1. The van der Waals surface area contributed by atoms with Gasteiger partial charge in [0.1, 0.15) is 0 Å². The molecule has 0 unspecified atom stereocenters. The van der Waals surface area contributed by atoms with Crippen LogP contribution in [0.4, 0.5) is 0 Å². The summed E-state index contributed by atoms with van der Waals surface area (Å²) in [6.45, 7) is 6.99. The molecule has 1 aromatic rings. The number of imide groups is 1. The predicted octanol–water partition coefficient (Wildman–Crippen LogP) is 2.52. The van der Waals surface area contributed by atoms with Crippen LogP contribution in [-0.4, -0.2) is 23.8 Å². The van der Waals surface area contributed by atoms with Crippen molar-refractivity contribution in [2.75, 3.05) is 7.05 Å². The summed E-state index contributed by atoms with van der Waals surface area (Å²) in [6, 6.07) is 6.67. The second kappa shape index (κ2) is 5.46. The van der Waals surface area contributed by atoms with Crippen molar-refractivity contribution in [3.63, 3.8) is 0 Å². The van der Waals surface area contributed by atoms with Gasteiger partial charge in [-0.3, -0.25) is 14.5 Å². The molecule has 0 radical (unpaired) electrons. The highest BCUT2D eigenvalue weighted by molar-refractivity contribution is 6.30. The first-order valence-corrected chi connectivity index (χ1v) is 5.24. The molecule has 0 heterocycles. The topological polar surface area (TPSA) is 37.4 Å². The summed E-state index contributed by atoms with van der Waals surface area (Å²) in [5.74, 6) is -0.928. The minimum Gasteiger partial charge on any atom is -0.278 e. The van der Waals surface area contributed by atoms with Gasteiger partial charge in [-0.1, -0.05) is 36.9 Å². The first-order valence-electron chi connectivity index (χ1n) is 4.86. The third-order valence-electron chi connectivity index (χ3n) is 2.26. The molecule has 88 valence electrons. The number of hydrogen-bond acceptors (Lipinski definition) is 2. The van der Waals surface area contributed by atoms with Crippen LogP contribution < -0.4 is 0 Å². The molecule has 17 heavy (non-hydrogen) atoms. The van der Waals surface area contributed by atoms with Crippen LogP contribution in [0, 0.1) is 0 Å². The SMILES string of the molecule is C=CC(=O)N(C)C(=O)C(=C)c1ccc(Cl)cc1. The van der Waals surface area contributed by atoms with Gasteiger partial charge in [0.25, 0.3) is 11.8 Å². The molecule has 0 N–H and O–H groups in total. The van der Waals surface area contributed by atoms with Gasteiger partial charge >= 0.3 is 0 Å². The molecule has 0 aliphatic rings. The Morgan fingerprint density at radius 2 is 1.82 bits per heavy atom. The Kier molecular flexibility index (Phi) is 4.24. The molecule has 0 aliphatic heterocycles. The second-order valence-corrected chi connectivity index (χ2v) is 3.83. The molecule has 0 fully saturated rings. The van der Waals surface area contributed by atoms with Crippen molar-refractivity contribution >= 4 is 29.0 Å². The van der Waals surface area contributed by atoms with Gasteiger partial charge in [-0.15, -0.1) is 0 Å². The fraction of sp³-hybridized carbons (Fsp3) is 0.0769. The highest BCUT2D eigenvalue weighted by Crippen LogP contribution is 2.17. The quantitative estimate of drug-likeness (QED) is 0.772. The van der Waals surface area contributed by atoms with Crippen molar-refractivity contribution in [2.24, 2.45) is 0 Å². The lowest BCUT2D eigenvalue weighted by Crippen LogP contribution is -2.32. The Morgan fingerprint density at radius 3 is 2.29 bits per heavy atom. The number of rotatable bonds is 3. The molecule has 2 amide bonds. The van der Waals surface area contributed by atoms with E-state index < -0.39 is 11.8 Å². The average molecular weight is 250 g/mol. The Morgan fingerprint density at radius 1 is 1.29 bits per heavy atom. The van der Waals surface area contributed by atoms with Crippen LogP contribution in [0.25, 0.3) is 5.57 Å². The zero-order valence-corrected chi connectivity index (χ0v) is 10.2. The molecular weight excluding hydrogens is 238 g/mol. The van der Waals surface area contributed by atoms with Gasteiger partial charge in [0.2, 0.25) is 0 Å². The van der Waals surface area contributed by atoms with E-state index in [4.69, 9.17) is 11.6 Å². The predicted molar refractivity (Wildman–Crippen MR) is 68.5 cm³/mol. The standard InChI is InChI=1S/C13H12ClNO2/c1-4-12(16)15(3)13(17)9(2)10-5-7-11(14)8-6-10/h4-8H,1-2H2,3H3. The summed E-state index contributed by atoms with van der Waals surface area (Å²) in [5, 5.41) is 0.574. The zero-order valence-electron chi connectivity index (χ0n) is 9.44. The van der Waals surface area contributed by atoms with Crippen molar-refractivity contribution in [1.29, 1.82) is 0 Å². The molecule has 3 nitrogen and oxygen atoms in total. The van der Waals surface area contributed by atoms with Gasteiger partial charge in [-0.25, -0.2) is 0 Å². The molecule has 0 bridgehead atoms. The van der Waals surface area contributed by atoms with E-state index in [1.54, 1.807) is 24.3 Å². The number of carbonyl (C=O) groups is 2. The van der Waals surface area contributed by atoms with Crippen LogP contribution in [0.1, 0.15) is 5.56 Å².